The van der Waals surface area contributed by atoms with Gasteiger partial charge < -0.3 is 16.0 Å². The highest BCUT2D eigenvalue weighted by atomic mass is 16.2. The Labute approximate surface area is 141 Å². The zero-order chi connectivity index (χ0) is 17.3. The fourth-order valence-corrected chi connectivity index (χ4v) is 2.85. The van der Waals surface area contributed by atoms with E-state index in [2.05, 4.69) is 39.7 Å². The van der Waals surface area contributed by atoms with Crippen LogP contribution in [0.2, 0.25) is 0 Å². The number of hydrogen-bond acceptors (Lipinski definition) is 3. The first-order valence-electron chi connectivity index (χ1n) is 8.99. The molecule has 1 fully saturated rings. The fourth-order valence-electron chi connectivity index (χ4n) is 2.85. The number of carbonyl (C=O) groups is 1. The van der Waals surface area contributed by atoms with Gasteiger partial charge in [0.25, 0.3) is 0 Å². The summed E-state index contributed by atoms with van der Waals surface area (Å²) in [4.78, 5) is 19.2. The average molecular weight is 326 g/mol. The monoisotopic (exact) mass is 325 g/mol. The van der Waals surface area contributed by atoms with Gasteiger partial charge in [-0.3, -0.25) is 14.7 Å². The van der Waals surface area contributed by atoms with Gasteiger partial charge in [0.05, 0.1) is 12.0 Å². The minimum atomic E-state index is -0.499. The number of guanidine groups is 1. The van der Waals surface area contributed by atoms with Gasteiger partial charge in [0, 0.05) is 25.7 Å². The van der Waals surface area contributed by atoms with Crippen molar-refractivity contribution in [3.05, 3.63) is 0 Å². The lowest BCUT2D eigenvalue weighted by molar-refractivity contribution is -0.128. The van der Waals surface area contributed by atoms with E-state index in [1.54, 1.807) is 0 Å². The van der Waals surface area contributed by atoms with Gasteiger partial charge in [-0.15, -0.1) is 0 Å². The molecule has 0 saturated carbocycles. The molecule has 1 rings (SSSR count). The van der Waals surface area contributed by atoms with E-state index in [1.807, 2.05) is 20.8 Å². The van der Waals surface area contributed by atoms with Crippen LogP contribution in [0.4, 0.5) is 0 Å². The zero-order valence-corrected chi connectivity index (χ0v) is 15.5. The van der Waals surface area contributed by atoms with E-state index in [4.69, 9.17) is 0 Å². The summed E-state index contributed by atoms with van der Waals surface area (Å²) in [6.07, 6.45) is 2.52. The van der Waals surface area contributed by atoms with E-state index < -0.39 is 5.41 Å². The van der Waals surface area contributed by atoms with Crippen molar-refractivity contribution in [3.63, 3.8) is 0 Å². The molecule has 1 amide bonds. The smallest absolute Gasteiger partial charge is 0.227 e. The number of likely N-dealkylation sites (N-methyl/N-ethyl adjacent to an activating group) is 1. The van der Waals surface area contributed by atoms with E-state index in [0.29, 0.717) is 19.1 Å². The molecule has 0 aliphatic carbocycles. The number of carbonyl (C=O) groups excluding carboxylic acids is 1. The molecule has 0 aromatic rings. The molecular formula is C17H35N5O. The van der Waals surface area contributed by atoms with Crippen LogP contribution in [0.1, 0.15) is 47.5 Å². The van der Waals surface area contributed by atoms with Crippen molar-refractivity contribution < 1.29 is 4.79 Å². The van der Waals surface area contributed by atoms with Gasteiger partial charge in [-0.1, -0.05) is 6.92 Å². The van der Waals surface area contributed by atoms with Gasteiger partial charge in [-0.25, -0.2) is 0 Å². The molecule has 1 saturated heterocycles. The predicted octanol–water partition coefficient (Wildman–Crippen LogP) is 1.19. The van der Waals surface area contributed by atoms with Crippen molar-refractivity contribution in [1.29, 1.82) is 0 Å². The van der Waals surface area contributed by atoms with Gasteiger partial charge in [-0.05, 0) is 53.6 Å². The van der Waals surface area contributed by atoms with Crippen LogP contribution in [-0.4, -0.2) is 62.1 Å². The van der Waals surface area contributed by atoms with Crippen molar-refractivity contribution >= 4 is 11.9 Å². The number of likely N-dealkylation sites (tertiary alicyclic amines) is 1. The lowest BCUT2D eigenvalue weighted by Crippen LogP contribution is -2.46. The SMILES string of the molecule is CCNC(=O)C(C)(C)CN=C(NCC)NCC1CCCN1CC. The second-order valence-electron chi connectivity index (χ2n) is 6.74. The van der Waals surface area contributed by atoms with E-state index in [-0.39, 0.29) is 5.91 Å². The van der Waals surface area contributed by atoms with Crippen molar-refractivity contribution in [2.24, 2.45) is 10.4 Å². The second-order valence-corrected chi connectivity index (χ2v) is 6.74. The topological polar surface area (TPSA) is 68.8 Å². The van der Waals surface area contributed by atoms with Crippen molar-refractivity contribution in [2.75, 3.05) is 39.3 Å². The lowest BCUT2D eigenvalue weighted by atomic mass is 9.92. The molecular weight excluding hydrogens is 290 g/mol. The summed E-state index contributed by atoms with van der Waals surface area (Å²) in [5.74, 6) is 0.848. The molecule has 6 heteroatoms. The third-order valence-electron chi connectivity index (χ3n) is 4.34. The first kappa shape index (κ1) is 19.7. The summed E-state index contributed by atoms with van der Waals surface area (Å²) in [7, 11) is 0. The summed E-state index contributed by atoms with van der Waals surface area (Å²) in [5.41, 5.74) is -0.499. The molecule has 0 bridgehead atoms. The normalized spacial score (nSPS) is 19.7. The minimum Gasteiger partial charge on any atom is -0.357 e. The van der Waals surface area contributed by atoms with Crippen LogP contribution in [0.3, 0.4) is 0 Å². The molecule has 0 aromatic heterocycles. The minimum absolute atomic E-state index is 0.0487. The maximum absolute atomic E-state index is 12.1. The highest BCUT2D eigenvalue weighted by molar-refractivity contribution is 5.83. The fraction of sp³-hybridized carbons (Fsp3) is 0.882. The van der Waals surface area contributed by atoms with Crippen LogP contribution in [0.15, 0.2) is 4.99 Å². The van der Waals surface area contributed by atoms with E-state index in [1.165, 1.54) is 19.4 Å². The molecule has 1 aliphatic heterocycles. The molecule has 6 nitrogen and oxygen atoms in total. The van der Waals surface area contributed by atoms with Crippen LogP contribution in [0, 0.1) is 5.41 Å². The van der Waals surface area contributed by atoms with Crippen molar-refractivity contribution in [2.45, 2.75) is 53.5 Å². The van der Waals surface area contributed by atoms with Crippen molar-refractivity contribution in [1.82, 2.24) is 20.9 Å². The summed E-state index contributed by atoms with van der Waals surface area (Å²) < 4.78 is 0. The molecule has 0 spiro atoms. The Morgan fingerprint density at radius 3 is 2.48 bits per heavy atom. The molecule has 0 radical (unpaired) electrons. The van der Waals surface area contributed by atoms with Crippen molar-refractivity contribution in [3.8, 4) is 0 Å². The number of nitrogens with one attached hydrogen (secondary N) is 3. The van der Waals surface area contributed by atoms with Gasteiger partial charge >= 0.3 is 0 Å². The number of nitrogens with zero attached hydrogens (tertiary/aromatic N) is 2. The van der Waals surface area contributed by atoms with Gasteiger partial charge in [0.1, 0.15) is 0 Å². The van der Waals surface area contributed by atoms with E-state index >= 15 is 0 Å². The molecule has 3 N–H and O–H groups in total. The molecule has 1 heterocycles. The molecule has 1 unspecified atom stereocenters. The lowest BCUT2D eigenvalue weighted by Gasteiger charge is -2.25. The van der Waals surface area contributed by atoms with Gasteiger partial charge in [-0.2, -0.15) is 0 Å². The summed E-state index contributed by atoms with van der Waals surface area (Å²) >= 11 is 0. The summed E-state index contributed by atoms with van der Waals surface area (Å²) in [6.45, 7) is 15.2. The molecule has 1 atom stereocenters. The molecule has 0 aromatic carbocycles. The number of hydrogen-bond donors (Lipinski definition) is 3. The third-order valence-corrected chi connectivity index (χ3v) is 4.34. The number of rotatable bonds is 8. The van der Waals surface area contributed by atoms with Crippen LogP contribution in [-0.2, 0) is 4.79 Å². The Morgan fingerprint density at radius 2 is 1.87 bits per heavy atom. The van der Waals surface area contributed by atoms with Crippen LogP contribution < -0.4 is 16.0 Å². The third kappa shape index (κ3) is 6.37. The quantitative estimate of drug-likeness (QED) is 0.463. The Bertz CT molecular complexity index is 394. The second kappa shape index (κ2) is 9.75. The van der Waals surface area contributed by atoms with Crippen LogP contribution in [0.5, 0.6) is 0 Å². The Kier molecular flexibility index (Phi) is 8.37. The summed E-state index contributed by atoms with van der Waals surface area (Å²) in [5, 5.41) is 9.58. The number of amides is 1. The van der Waals surface area contributed by atoms with Crippen LogP contribution >= 0.6 is 0 Å². The number of aliphatic imine (C=N–C) groups is 1. The Morgan fingerprint density at radius 1 is 1.17 bits per heavy atom. The highest BCUT2D eigenvalue weighted by Crippen LogP contribution is 2.16. The highest BCUT2D eigenvalue weighted by Gasteiger charge is 2.27. The standard InChI is InChI=1S/C17H35N5O/c1-6-18-15(23)17(4,5)13-21-16(19-7-2)20-12-14-10-9-11-22(14)8-3/h14H,6-13H2,1-5H3,(H,18,23)(H2,19,20,21). The zero-order valence-electron chi connectivity index (χ0n) is 15.5. The largest absolute Gasteiger partial charge is 0.357 e. The Hall–Kier alpha value is -1.30. The molecule has 1 aliphatic rings. The van der Waals surface area contributed by atoms with Gasteiger partial charge in [0.15, 0.2) is 5.96 Å². The summed E-state index contributed by atoms with van der Waals surface area (Å²) in [6, 6.07) is 0.584. The average Bonchev–Trinajstić information content (AvgIpc) is 2.97. The predicted molar refractivity (Wildman–Crippen MR) is 96.7 cm³/mol. The maximum atomic E-state index is 12.1. The molecule has 134 valence electrons. The first-order chi connectivity index (χ1) is 10.9. The maximum Gasteiger partial charge on any atom is 0.227 e. The molecule has 23 heavy (non-hydrogen) atoms. The van der Waals surface area contributed by atoms with Gasteiger partial charge in [0.2, 0.25) is 5.91 Å². The Balaban J connectivity index is 2.57. The van der Waals surface area contributed by atoms with Crippen LogP contribution in [0.25, 0.3) is 0 Å². The first-order valence-corrected chi connectivity index (χ1v) is 8.99. The van der Waals surface area contributed by atoms with E-state index in [9.17, 15) is 4.79 Å². The van der Waals surface area contributed by atoms with E-state index in [0.717, 1.165) is 25.6 Å².